The number of aliphatic carboxylic acids is 1. The molecule has 19 heavy (non-hydrogen) atoms. The van der Waals surface area contributed by atoms with Gasteiger partial charge in [0.1, 0.15) is 0 Å². The van der Waals surface area contributed by atoms with Crippen molar-refractivity contribution < 1.29 is 19.8 Å². The summed E-state index contributed by atoms with van der Waals surface area (Å²) in [6, 6.07) is 0. The van der Waals surface area contributed by atoms with E-state index in [0.29, 0.717) is 0 Å². The standard InChI is InChI=1S/C14H25NO4/c1-13(2,19)10-15(3)11(16)8-14(9-12(17)18)6-4-5-7-14/h19H,4-10H2,1-3H3,(H,17,18). The van der Waals surface area contributed by atoms with Crippen LogP contribution in [-0.2, 0) is 9.59 Å². The second-order valence-corrected chi connectivity index (χ2v) is 6.52. The second-order valence-electron chi connectivity index (χ2n) is 6.52. The molecular formula is C14H25NO4. The topological polar surface area (TPSA) is 77.8 Å². The minimum absolute atomic E-state index is 0.0646. The van der Waals surface area contributed by atoms with Crippen LogP contribution in [0.25, 0.3) is 0 Å². The Bertz CT molecular complexity index is 340. The molecule has 1 fully saturated rings. The monoisotopic (exact) mass is 271 g/mol. The first-order chi connectivity index (χ1) is 8.64. The van der Waals surface area contributed by atoms with Crippen molar-refractivity contribution in [3.63, 3.8) is 0 Å². The van der Waals surface area contributed by atoms with Gasteiger partial charge >= 0.3 is 5.97 Å². The normalized spacial score (nSPS) is 18.3. The fourth-order valence-electron chi connectivity index (χ4n) is 2.99. The number of aliphatic hydroxyl groups is 1. The van der Waals surface area contributed by atoms with Crippen LogP contribution in [0.2, 0.25) is 0 Å². The highest BCUT2D eigenvalue weighted by Crippen LogP contribution is 2.44. The second kappa shape index (κ2) is 5.90. The fraction of sp³-hybridized carbons (Fsp3) is 0.857. The number of carboxylic acid groups (broad SMARTS) is 1. The number of rotatable bonds is 6. The Kier molecular flexibility index (Phi) is 4.96. The summed E-state index contributed by atoms with van der Waals surface area (Å²) in [5, 5.41) is 18.7. The Morgan fingerprint density at radius 3 is 2.16 bits per heavy atom. The molecule has 5 heteroatoms. The average Bonchev–Trinajstić information content (AvgIpc) is 2.62. The Morgan fingerprint density at radius 2 is 1.74 bits per heavy atom. The molecule has 1 aliphatic rings. The lowest BCUT2D eigenvalue weighted by Gasteiger charge is -2.31. The van der Waals surface area contributed by atoms with Gasteiger partial charge in [0.05, 0.1) is 12.0 Å². The van der Waals surface area contributed by atoms with Crippen molar-refractivity contribution in [1.29, 1.82) is 0 Å². The van der Waals surface area contributed by atoms with E-state index >= 15 is 0 Å². The number of amides is 1. The minimum atomic E-state index is -0.931. The van der Waals surface area contributed by atoms with Gasteiger partial charge in [-0.1, -0.05) is 12.8 Å². The first-order valence-corrected chi connectivity index (χ1v) is 6.82. The summed E-state index contributed by atoms with van der Waals surface area (Å²) in [6.07, 6.45) is 3.94. The molecule has 0 aromatic carbocycles. The van der Waals surface area contributed by atoms with Gasteiger partial charge in [-0.2, -0.15) is 0 Å². The summed E-state index contributed by atoms with van der Waals surface area (Å²) < 4.78 is 0. The molecule has 0 saturated heterocycles. The maximum absolute atomic E-state index is 12.2. The number of likely N-dealkylation sites (N-methyl/N-ethyl adjacent to an activating group) is 1. The molecule has 5 nitrogen and oxygen atoms in total. The molecule has 0 aromatic rings. The van der Waals surface area contributed by atoms with Crippen LogP contribution >= 0.6 is 0 Å². The molecule has 1 aliphatic carbocycles. The van der Waals surface area contributed by atoms with Gasteiger partial charge < -0.3 is 15.1 Å². The largest absolute Gasteiger partial charge is 0.481 e. The molecule has 0 aliphatic heterocycles. The van der Waals surface area contributed by atoms with E-state index in [9.17, 15) is 14.7 Å². The zero-order valence-corrected chi connectivity index (χ0v) is 12.1. The molecule has 0 heterocycles. The Balaban J connectivity index is 2.64. The highest BCUT2D eigenvalue weighted by Gasteiger charge is 2.38. The molecule has 0 radical (unpaired) electrons. The first kappa shape index (κ1) is 16.0. The molecule has 0 atom stereocenters. The van der Waals surface area contributed by atoms with Crippen molar-refractivity contribution in [3.8, 4) is 0 Å². The van der Waals surface area contributed by atoms with Crippen LogP contribution in [0.1, 0.15) is 52.4 Å². The average molecular weight is 271 g/mol. The summed E-state index contributed by atoms with van der Waals surface area (Å²) >= 11 is 0. The van der Waals surface area contributed by atoms with Crippen LogP contribution in [0, 0.1) is 5.41 Å². The quantitative estimate of drug-likeness (QED) is 0.770. The lowest BCUT2D eigenvalue weighted by atomic mass is 9.79. The first-order valence-electron chi connectivity index (χ1n) is 6.82. The SMILES string of the molecule is CN(CC(C)(C)O)C(=O)CC1(CC(=O)O)CCCC1. The molecular weight excluding hydrogens is 246 g/mol. The zero-order chi connectivity index (χ0) is 14.7. The van der Waals surface area contributed by atoms with Crippen molar-refractivity contribution >= 4 is 11.9 Å². The number of carbonyl (C=O) groups is 2. The van der Waals surface area contributed by atoms with E-state index in [-0.39, 0.29) is 30.7 Å². The summed E-state index contributed by atoms with van der Waals surface area (Å²) in [5.41, 5.74) is -1.31. The van der Waals surface area contributed by atoms with E-state index in [1.807, 2.05) is 0 Å². The van der Waals surface area contributed by atoms with Gasteiger partial charge in [-0.15, -0.1) is 0 Å². The highest BCUT2D eigenvalue weighted by atomic mass is 16.4. The maximum atomic E-state index is 12.2. The number of carbonyl (C=O) groups excluding carboxylic acids is 1. The Morgan fingerprint density at radius 1 is 1.21 bits per heavy atom. The molecule has 110 valence electrons. The molecule has 0 bridgehead atoms. The Hall–Kier alpha value is -1.10. The lowest BCUT2D eigenvalue weighted by Crippen LogP contribution is -2.41. The Labute approximate surface area is 114 Å². The van der Waals surface area contributed by atoms with Gasteiger partial charge in [-0.05, 0) is 32.1 Å². The summed E-state index contributed by atoms with van der Waals surface area (Å²) in [6.45, 7) is 3.56. The number of carboxylic acids is 1. The van der Waals surface area contributed by atoms with Gasteiger partial charge in [0.15, 0.2) is 0 Å². The highest BCUT2D eigenvalue weighted by molar-refractivity contribution is 5.78. The number of hydrogen-bond acceptors (Lipinski definition) is 3. The van der Waals surface area contributed by atoms with Crippen molar-refractivity contribution in [2.75, 3.05) is 13.6 Å². The van der Waals surface area contributed by atoms with Gasteiger partial charge in [0.2, 0.25) is 5.91 Å². The number of hydrogen-bond donors (Lipinski definition) is 2. The van der Waals surface area contributed by atoms with E-state index in [0.717, 1.165) is 25.7 Å². The lowest BCUT2D eigenvalue weighted by molar-refractivity contribution is -0.142. The van der Waals surface area contributed by atoms with Crippen molar-refractivity contribution in [2.24, 2.45) is 5.41 Å². The summed E-state index contributed by atoms with van der Waals surface area (Å²) in [7, 11) is 1.66. The van der Waals surface area contributed by atoms with Crippen LogP contribution in [0.5, 0.6) is 0 Å². The van der Waals surface area contributed by atoms with E-state index in [1.165, 1.54) is 4.90 Å². The van der Waals surface area contributed by atoms with E-state index in [4.69, 9.17) is 5.11 Å². The van der Waals surface area contributed by atoms with Crippen molar-refractivity contribution in [3.05, 3.63) is 0 Å². The van der Waals surface area contributed by atoms with Crippen LogP contribution in [-0.4, -0.2) is 46.2 Å². The molecule has 1 amide bonds. The smallest absolute Gasteiger partial charge is 0.303 e. The predicted molar refractivity (Wildman–Crippen MR) is 71.7 cm³/mol. The van der Waals surface area contributed by atoms with E-state index in [2.05, 4.69) is 0 Å². The molecule has 2 N–H and O–H groups in total. The summed E-state index contributed by atoms with van der Waals surface area (Å²) in [5.74, 6) is -0.912. The predicted octanol–water partition coefficient (Wildman–Crippen LogP) is 1.64. The third-order valence-electron chi connectivity index (χ3n) is 3.77. The third kappa shape index (κ3) is 5.19. The molecule has 0 unspecified atom stereocenters. The van der Waals surface area contributed by atoms with Crippen LogP contribution in [0.4, 0.5) is 0 Å². The van der Waals surface area contributed by atoms with Gasteiger partial charge in [0, 0.05) is 20.0 Å². The van der Waals surface area contributed by atoms with Crippen molar-refractivity contribution in [1.82, 2.24) is 4.90 Å². The van der Waals surface area contributed by atoms with Crippen LogP contribution in [0.15, 0.2) is 0 Å². The van der Waals surface area contributed by atoms with Gasteiger partial charge in [-0.25, -0.2) is 0 Å². The van der Waals surface area contributed by atoms with E-state index < -0.39 is 11.6 Å². The number of nitrogens with zero attached hydrogens (tertiary/aromatic N) is 1. The van der Waals surface area contributed by atoms with Crippen molar-refractivity contribution in [2.45, 2.75) is 58.0 Å². The summed E-state index contributed by atoms with van der Waals surface area (Å²) in [4.78, 5) is 24.7. The van der Waals surface area contributed by atoms with Crippen LogP contribution < -0.4 is 0 Å². The maximum Gasteiger partial charge on any atom is 0.303 e. The van der Waals surface area contributed by atoms with Gasteiger partial charge in [-0.3, -0.25) is 9.59 Å². The zero-order valence-electron chi connectivity index (χ0n) is 12.1. The molecule has 1 saturated carbocycles. The molecule has 0 aromatic heterocycles. The van der Waals surface area contributed by atoms with Gasteiger partial charge in [0.25, 0.3) is 0 Å². The molecule has 1 rings (SSSR count). The van der Waals surface area contributed by atoms with E-state index in [1.54, 1.807) is 20.9 Å². The third-order valence-corrected chi connectivity index (χ3v) is 3.77. The van der Waals surface area contributed by atoms with Crippen LogP contribution in [0.3, 0.4) is 0 Å². The molecule has 0 spiro atoms. The minimum Gasteiger partial charge on any atom is -0.481 e. The fourth-order valence-corrected chi connectivity index (χ4v) is 2.99.